The lowest BCUT2D eigenvalue weighted by Gasteiger charge is -2.07. The molecule has 0 aromatic rings. The first-order chi connectivity index (χ1) is 7.02. The lowest BCUT2D eigenvalue weighted by atomic mass is 10.0. The van der Waals surface area contributed by atoms with Gasteiger partial charge < -0.3 is 5.32 Å². The minimum Gasteiger partial charge on any atom is -0.316 e. The summed E-state index contributed by atoms with van der Waals surface area (Å²) in [7, 11) is 0. The average Bonchev–Trinajstić information content (AvgIpc) is 2.13. The minimum atomic E-state index is 0.760. The molecule has 1 heteroatoms. The molecule has 0 aliphatic rings. The fourth-order valence-corrected chi connectivity index (χ4v) is 1.43. The van der Waals surface area contributed by atoms with Gasteiger partial charge >= 0.3 is 0 Å². The number of hydrogen-bond donors (Lipinski definition) is 1. The van der Waals surface area contributed by atoms with E-state index in [2.05, 4.69) is 46.0 Å². The molecule has 1 nitrogen and oxygen atoms in total. The van der Waals surface area contributed by atoms with Gasteiger partial charge in [-0.3, -0.25) is 0 Å². The third-order valence-electron chi connectivity index (χ3n) is 2.48. The Morgan fingerprint density at radius 3 is 2.33 bits per heavy atom. The second-order valence-electron chi connectivity index (χ2n) is 5.37. The molecule has 0 spiro atoms. The monoisotopic (exact) mass is 211 g/mol. The van der Waals surface area contributed by atoms with Crippen LogP contribution in [0.5, 0.6) is 0 Å². The molecule has 0 saturated heterocycles. The Morgan fingerprint density at radius 2 is 1.80 bits per heavy atom. The van der Waals surface area contributed by atoms with E-state index in [4.69, 9.17) is 0 Å². The van der Waals surface area contributed by atoms with Gasteiger partial charge in [0, 0.05) is 0 Å². The zero-order valence-electron chi connectivity index (χ0n) is 11.3. The SMILES string of the molecule is CC(=CCCNCC(C)C)CCC(C)C. The van der Waals surface area contributed by atoms with Gasteiger partial charge in [0.15, 0.2) is 0 Å². The summed E-state index contributed by atoms with van der Waals surface area (Å²) in [6, 6.07) is 0. The molecule has 0 unspecified atom stereocenters. The largest absolute Gasteiger partial charge is 0.316 e. The highest BCUT2D eigenvalue weighted by Crippen LogP contribution is 2.10. The molecule has 0 saturated carbocycles. The van der Waals surface area contributed by atoms with Crippen molar-refractivity contribution in [3.8, 4) is 0 Å². The molecule has 90 valence electrons. The smallest absolute Gasteiger partial charge is 0.00141 e. The fraction of sp³-hybridized carbons (Fsp3) is 0.857. The number of allylic oxidation sites excluding steroid dienone is 1. The van der Waals surface area contributed by atoms with E-state index in [0.29, 0.717) is 0 Å². The summed E-state index contributed by atoms with van der Waals surface area (Å²) < 4.78 is 0. The maximum atomic E-state index is 3.46. The quantitative estimate of drug-likeness (QED) is 0.472. The highest BCUT2D eigenvalue weighted by Gasteiger charge is 1.95. The molecule has 0 aromatic heterocycles. The summed E-state index contributed by atoms with van der Waals surface area (Å²) in [6.45, 7) is 13.6. The zero-order valence-corrected chi connectivity index (χ0v) is 11.3. The van der Waals surface area contributed by atoms with Crippen molar-refractivity contribution in [3.63, 3.8) is 0 Å². The molecule has 15 heavy (non-hydrogen) atoms. The van der Waals surface area contributed by atoms with Crippen LogP contribution in [0.2, 0.25) is 0 Å². The fourth-order valence-electron chi connectivity index (χ4n) is 1.43. The minimum absolute atomic E-state index is 0.760. The highest BCUT2D eigenvalue weighted by atomic mass is 14.8. The Hall–Kier alpha value is -0.300. The molecule has 0 fully saturated rings. The van der Waals surface area contributed by atoms with Crippen LogP contribution in [0.4, 0.5) is 0 Å². The van der Waals surface area contributed by atoms with Crippen LogP contribution in [0, 0.1) is 11.8 Å². The van der Waals surface area contributed by atoms with Crippen LogP contribution in [0.1, 0.15) is 53.9 Å². The van der Waals surface area contributed by atoms with E-state index in [1.807, 2.05) is 0 Å². The summed E-state index contributed by atoms with van der Waals surface area (Å²) in [4.78, 5) is 0. The van der Waals surface area contributed by atoms with Gasteiger partial charge in [-0.05, 0) is 51.1 Å². The van der Waals surface area contributed by atoms with Crippen LogP contribution in [0.25, 0.3) is 0 Å². The van der Waals surface area contributed by atoms with E-state index < -0.39 is 0 Å². The molecule has 0 aliphatic heterocycles. The van der Waals surface area contributed by atoms with E-state index in [-0.39, 0.29) is 0 Å². The van der Waals surface area contributed by atoms with Gasteiger partial charge in [-0.25, -0.2) is 0 Å². The van der Waals surface area contributed by atoms with Gasteiger partial charge in [0.1, 0.15) is 0 Å². The van der Waals surface area contributed by atoms with Gasteiger partial charge in [0.05, 0.1) is 0 Å². The molecule has 0 atom stereocenters. The summed E-state index contributed by atoms with van der Waals surface area (Å²) in [5, 5.41) is 3.46. The molecular formula is C14H29N. The zero-order chi connectivity index (χ0) is 11.7. The third kappa shape index (κ3) is 11.6. The summed E-state index contributed by atoms with van der Waals surface area (Å²) in [5.74, 6) is 1.59. The van der Waals surface area contributed by atoms with E-state index >= 15 is 0 Å². The van der Waals surface area contributed by atoms with Crippen LogP contribution in [0.3, 0.4) is 0 Å². The normalized spacial score (nSPS) is 12.9. The summed E-state index contributed by atoms with van der Waals surface area (Å²) in [5.41, 5.74) is 1.55. The lowest BCUT2D eigenvalue weighted by Crippen LogP contribution is -2.20. The molecule has 0 amide bonds. The Labute approximate surface area is 96.3 Å². The van der Waals surface area contributed by atoms with Crippen molar-refractivity contribution < 1.29 is 0 Å². The number of hydrogen-bond acceptors (Lipinski definition) is 1. The maximum absolute atomic E-state index is 3.46. The lowest BCUT2D eigenvalue weighted by molar-refractivity contribution is 0.555. The molecular weight excluding hydrogens is 182 g/mol. The summed E-state index contributed by atoms with van der Waals surface area (Å²) in [6.07, 6.45) is 6.15. The molecule has 0 heterocycles. The highest BCUT2D eigenvalue weighted by molar-refractivity contribution is 4.98. The van der Waals surface area contributed by atoms with E-state index in [1.165, 1.54) is 19.3 Å². The Morgan fingerprint density at radius 1 is 1.13 bits per heavy atom. The number of rotatable bonds is 8. The van der Waals surface area contributed by atoms with Gasteiger partial charge in [0.2, 0.25) is 0 Å². The Kier molecular flexibility index (Phi) is 8.79. The van der Waals surface area contributed by atoms with Gasteiger partial charge in [0.25, 0.3) is 0 Å². The van der Waals surface area contributed by atoms with Gasteiger partial charge in [-0.1, -0.05) is 39.3 Å². The molecule has 0 rings (SSSR count). The molecule has 0 aromatic carbocycles. The first-order valence-electron chi connectivity index (χ1n) is 6.38. The van der Waals surface area contributed by atoms with Crippen LogP contribution >= 0.6 is 0 Å². The van der Waals surface area contributed by atoms with Crippen LogP contribution < -0.4 is 5.32 Å². The van der Waals surface area contributed by atoms with E-state index in [9.17, 15) is 0 Å². The van der Waals surface area contributed by atoms with E-state index in [0.717, 1.165) is 24.9 Å². The van der Waals surface area contributed by atoms with Crippen molar-refractivity contribution in [2.24, 2.45) is 11.8 Å². The van der Waals surface area contributed by atoms with Crippen LogP contribution in [0.15, 0.2) is 11.6 Å². The van der Waals surface area contributed by atoms with Crippen molar-refractivity contribution in [2.75, 3.05) is 13.1 Å². The first kappa shape index (κ1) is 14.7. The van der Waals surface area contributed by atoms with Crippen LogP contribution in [-0.4, -0.2) is 13.1 Å². The Balaban J connectivity index is 3.41. The maximum Gasteiger partial charge on any atom is -0.00141 e. The van der Waals surface area contributed by atoms with Crippen molar-refractivity contribution in [2.45, 2.75) is 53.9 Å². The topological polar surface area (TPSA) is 12.0 Å². The predicted octanol–water partition coefficient (Wildman–Crippen LogP) is 4.00. The standard InChI is InChI=1S/C14H29N/c1-12(2)8-9-14(5)7-6-10-15-11-13(3)4/h7,12-13,15H,6,8-11H2,1-5H3. The van der Waals surface area contributed by atoms with E-state index in [1.54, 1.807) is 5.57 Å². The van der Waals surface area contributed by atoms with Crippen molar-refractivity contribution in [1.29, 1.82) is 0 Å². The predicted molar refractivity (Wildman–Crippen MR) is 70.2 cm³/mol. The van der Waals surface area contributed by atoms with Crippen molar-refractivity contribution in [1.82, 2.24) is 5.32 Å². The third-order valence-corrected chi connectivity index (χ3v) is 2.48. The number of nitrogens with one attached hydrogen (secondary N) is 1. The first-order valence-corrected chi connectivity index (χ1v) is 6.38. The average molecular weight is 211 g/mol. The molecule has 0 aliphatic carbocycles. The second-order valence-corrected chi connectivity index (χ2v) is 5.37. The summed E-state index contributed by atoms with van der Waals surface area (Å²) >= 11 is 0. The van der Waals surface area contributed by atoms with Crippen molar-refractivity contribution >= 4 is 0 Å². The Bertz CT molecular complexity index is 168. The van der Waals surface area contributed by atoms with Crippen molar-refractivity contribution in [3.05, 3.63) is 11.6 Å². The second kappa shape index (κ2) is 8.96. The molecule has 0 radical (unpaired) electrons. The van der Waals surface area contributed by atoms with Crippen LogP contribution in [-0.2, 0) is 0 Å². The molecule has 0 bridgehead atoms. The van der Waals surface area contributed by atoms with Gasteiger partial charge in [-0.15, -0.1) is 0 Å². The molecule has 1 N–H and O–H groups in total. The van der Waals surface area contributed by atoms with Gasteiger partial charge in [-0.2, -0.15) is 0 Å².